The Kier molecular flexibility index (Phi) is 10.6. The summed E-state index contributed by atoms with van der Waals surface area (Å²) in [6.07, 6.45) is 2.08. The van der Waals surface area contributed by atoms with Gasteiger partial charge >= 0.3 is 0 Å². The Morgan fingerprint density at radius 2 is 1.95 bits per heavy atom. The first-order chi connectivity index (χ1) is 10.1. The van der Waals surface area contributed by atoms with Crippen LogP contribution in [0.15, 0.2) is 18.2 Å². The Morgan fingerprint density at radius 3 is 2.38 bits per heavy atom. The van der Waals surface area contributed by atoms with Crippen LogP contribution in [0, 0.1) is 0 Å². The number of amides is 1. The highest BCUT2D eigenvalue weighted by molar-refractivity contribution is 5.76. The molecule has 1 amide bonds. The molecule has 0 atom stereocenters. The van der Waals surface area contributed by atoms with Crippen molar-refractivity contribution in [3.05, 3.63) is 23.8 Å². The summed E-state index contributed by atoms with van der Waals surface area (Å²) in [6.45, 7) is 0.968. The van der Waals surface area contributed by atoms with Crippen LogP contribution >= 0.6 is 0 Å². The molecule has 118 valence electrons. The number of hydrogen-bond donors (Lipinski definition) is 2. The molecule has 1 rings (SSSR count). The molecule has 21 heavy (non-hydrogen) atoms. The predicted octanol–water partition coefficient (Wildman–Crippen LogP) is 0.916. The van der Waals surface area contributed by atoms with Crippen molar-refractivity contribution >= 4 is 12.2 Å². The van der Waals surface area contributed by atoms with Gasteiger partial charge in [-0.05, 0) is 37.7 Å². The normalized spacial score (nSPS) is 9.29. The van der Waals surface area contributed by atoms with Gasteiger partial charge in [-0.1, -0.05) is 6.07 Å². The third-order valence-electron chi connectivity index (χ3n) is 2.62. The maximum absolute atomic E-state index is 9.82. The fourth-order valence-corrected chi connectivity index (χ4v) is 1.51. The van der Waals surface area contributed by atoms with E-state index < -0.39 is 5.91 Å². The maximum Gasteiger partial charge on any atom is 0.217 e. The second-order valence-electron chi connectivity index (χ2n) is 4.21. The number of rotatable bonds is 8. The number of benzene rings is 1. The molecule has 0 heterocycles. The first kappa shape index (κ1) is 18.9. The number of nitrogens with two attached hydrogens (primary N) is 1. The van der Waals surface area contributed by atoms with E-state index in [0.29, 0.717) is 6.29 Å². The van der Waals surface area contributed by atoms with Gasteiger partial charge in [0, 0.05) is 12.8 Å². The van der Waals surface area contributed by atoms with E-state index in [2.05, 4.69) is 17.1 Å². The number of primary amides is 1. The van der Waals surface area contributed by atoms with Crippen molar-refractivity contribution in [2.24, 2.45) is 5.73 Å². The van der Waals surface area contributed by atoms with Gasteiger partial charge in [-0.25, -0.2) is 0 Å². The minimum Gasteiger partial charge on any atom is -0.493 e. The molecule has 0 unspecified atom stereocenters. The lowest BCUT2D eigenvalue weighted by molar-refractivity contribution is -0.119. The molecule has 0 radical (unpaired) electrons. The van der Waals surface area contributed by atoms with Crippen molar-refractivity contribution < 1.29 is 19.1 Å². The maximum atomic E-state index is 9.82. The minimum atomic E-state index is -0.424. The molecule has 0 aliphatic rings. The zero-order valence-electron chi connectivity index (χ0n) is 12.8. The fraction of sp³-hybridized carbons (Fsp3) is 0.467. The molecule has 0 spiro atoms. The number of nitrogens with one attached hydrogen (secondary N) is 1. The van der Waals surface area contributed by atoms with Crippen LogP contribution in [0.4, 0.5) is 0 Å². The summed E-state index contributed by atoms with van der Waals surface area (Å²) >= 11 is 0. The number of ether oxygens (including phenoxy) is 2. The standard InChI is InChI=1S/C11H17NO2.C4H7NO2/c1-12-7-6-9-4-5-10(13-2)11(8-9)14-3;5-4(7)2-1-3-6/h4-5,8,12H,6-7H2,1-3H3;3H,1-2H2,(H2,5,7). The number of likely N-dealkylation sites (N-methyl/N-ethyl adjacent to an activating group) is 1. The predicted molar refractivity (Wildman–Crippen MR) is 81.7 cm³/mol. The first-order valence-corrected chi connectivity index (χ1v) is 6.66. The highest BCUT2D eigenvalue weighted by atomic mass is 16.5. The lowest BCUT2D eigenvalue weighted by atomic mass is 10.1. The smallest absolute Gasteiger partial charge is 0.217 e. The van der Waals surface area contributed by atoms with Gasteiger partial charge in [0.1, 0.15) is 6.29 Å². The van der Waals surface area contributed by atoms with E-state index in [1.807, 2.05) is 19.2 Å². The zero-order chi connectivity index (χ0) is 16.1. The molecule has 0 saturated carbocycles. The largest absolute Gasteiger partial charge is 0.493 e. The van der Waals surface area contributed by atoms with Crippen LogP contribution in [0.1, 0.15) is 18.4 Å². The third-order valence-corrected chi connectivity index (χ3v) is 2.62. The summed E-state index contributed by atoms with van der Waals surface area (Å²) in [5.74, 6) is 1.15. The molecule has 0 bridgehead atoms. The van der Waals surface area contributed by atoms with Crippen LogP contribution in [0.2, 0.25) is 0 Å². The third kappa shape index (κ3) is 8.65. The number of carbonyl (C=O) groups excluding carboxylic acids is 2. The average molecular weight is 296 g/mol. The topological polar surface area (TPSA) is 90.7 Å². The Hall–Kier alpha value is -2.08. The van der Waals surface area contributed by atoms with Gasteiger partial charge in [0.05, 0.1) is 14.2 Å². The Labute approximate surface area is 125 Å². The molecule has 0 aliphatic heterocycles. The molecular weight excluding hydrogens is 272 g/mol. The lowest BCUT2D eigenvalue weighted by Gasteiger charge is -2.09. The van der Waals surface area contributed by atoms with E-state index in [1.165, 1.54) is 5.56 Å². The lowest BCUT2D eigenvalue weighted by Crippen LogP contribution is -2.10. The molecule has 0 aliphatic carbocycles. The van der Waals surface area contributed by atoms with Gasteiger partial charge in [0.15, 0.2) is 11.5 Å². The molecule has 0 fully saturated rings. The number of methoxy groups -OCH3 is 2. The van der Waals surface area contributed by atoms with Crippen LogP contribution in [0.25, 0.3) is 0 Å². The first-order valence-electron chi connectivity index (χ1n) is 6.66. The number of hydrogen-bond acceptors (Lipinski definition) is 5. The quantitative estimate of drug-likeness (QED) is 0.696. The van der Waals surface area contributed by atoms with Crippen LogP contribution in [0.5, 0.6) is 11.5 Å². The Balaban J connectivity index is 0.000000486. The van der Waals surface area contributed by atoms with Crippen molar-refractivity contribution in [1.82, 2.24) is 5.32 Å². The average Bonchev–Trinajstić information content (AvgIpc) is 2.51. The summed E-state index contributed by atoms with van der Waals surface area (Å²) in [6, 6.07) is 6.00. The van der Waals surface area contributed by atoms with Gasteiger partial charge < -0.3 is 25.3 Å². The van der Waals surface area contributed by atoms with Crippen molar-refractivity contribution in [3.63, 3.8) is 0 Å². The fourth-order valence-electron chi connectivity index (χ4n) is 1.51. The molecule has 1 aromatic carbocycles. The summed E-state index contributed by atoms with van der Waals surface area (Å²) < 4.78 is 10.4. The molecule has 6 nitrogen and oxygen atoms in total. The minimum absolute atomic E-state index is 0.170. The second kappa shape index (κ2) is 11.7. The highest BCUT2D eigenvalue weighted by Crippen LogP contribution is 2.27. The summed E-state index contributed by atoms with van der Waals surface area (Å²) in [7, 11) is 5.24. The van der Waals surface area contributed by atoms with Gasteiger partial charge in [0.2, 0.25) is 5.91 Å². The SMILES string of the molecule is CNCCc1ccc(OC)c(OC)c1.NC(=O)CCC=O. The van der Waals surface area contributed by atoms with Gasteiger partial charge in [-0.3, -0.25) is 4.79 Å². The molecule has 3 N–H and O–H groups in total. The van der Waals surface area contributed by atoms with Crippen molar-refractivity contribution in [3.8, 4) is 11.5 Å². The van der Waals surface area contributed by atoms with E-state index >= 15 is 0 Å². The van der Waals surface area contributed by atoms with Crippen molar-refractivity contribution in [2.45, 2.75) is 19.3 Å². The van der Waals surface area contributed by atoms with E-state index in [0.717, 1.165) is 24.5 Å². The summed E-state index contributed by atoms with van der Waals surface area (Å²) in [4.78, 5) is 19.3. The number of aldehydes is 1. The van der Waals surface area contributed by atoms with Crippen LogP contribution in [-0.4, -0.2) is 40.0 Å². The van der Waals surface area contributed by atoms with Crippen molar-refractivity contribution in [2.75, 3.05) is 27.8 Å². The van der Waals surface area contributed by atoms with Crippen LogP contribution < -0.4 is 20.5 Å². The molecule has 1 aromatic rings. The summed E-state index contributed by atoms with van der Waals surface area (Å²) in [5.41, 5.74) is 5.93. The highest BCUT2D eigenvalue weighted by Gasteiger charge is 2.03. The Bertz CT molecular complexity index is 436. The zero-order valence-corrected chi connectivity index (χ0v) is 12.8. The molecule has 0 aromatic heterocycles. The van der Waals surface area contributed by atoms with Gasteiger partial charge in [-0.2, -0.15) is 0 Å². The van der Waals surface area contributed by atoms with Crippen LogP contribution in [0.3, 0.4) is 0 Å². The van der Waals surface area contributed by atoms with E-state index in [4.69, 9.17) is 9.47 Å². The van der Waals surface area contributed by atoms with E-state index in [9.17, 15) is 9.59 Å². The summed E-state index contributed by atoms with van der Waals surface area (Å²) in [5, 5.41) is 3.11. The molecular formula is C15H24N2O4. The van der Waals surface area contributed by atoms with Crippen molar-refractivity contribution in [1.29, 1.82) is 0 Å². The van der Waals surface area contributed by atoms with Gasteiger partial charge in [0.25, 0.3) is 0 Å². The number of carbonyl (C=O) groups is 2. The molecule has 0 saturated heterocycles. The molecule has 6 heteroatoms. The monoisotopic (exact) mass is 296 g/mol. The van der Waals surface area contributed by atoms with E-state index in [1.54, 1.807) is 14.2 Å². The second-order valence-corrected chi connectivity index (χ2v) is 4.21. The van der Waals surface area contributed by atoms with Crippen LogP contribution in [-0.2, 0) is 16.0 Å². The Morgan fingerprint density at radius 1 is 1.29 bits per heavy atom. The van der Waals surface area contributed by atoms with Gasteiger partial charge in [-0.15, -0.1) is 0 Å². The van der Waals surface area contributed by atoms with E-state index in [-0.39, 0.29) is 12.8 Å².